The number of aliphatic imine (C=N–C) groups is 1. The minimum absolute atomic E-state index is 0.191. The molecule has 5 rings (SSSR count). The van der Waals surface area contributed by atoms with Crippen molar-refractivity contribution in [2.75, 3.05) is 26.1 Å². The van der Waals surface area contributed by atoms with Crippen molar-refractivity contribution >= 4 is 34.1 Å². The number of azo groups is 1. The number of ether oxygens (including phenoxy) is 1. The Morgan fingerprint density at radius 1 is 0.971 bits per heavy atom. The molecule has 0 bridgehead atoms. The fourth-order valence-corrected chi connectivity index (χ4v) is 3.68. The Labute approximate surface area is 202 Å². The Balaban J connectivity index is 1.53. The highest BCUT2D eigenvalue weighted by Gasteiger charge is 2.13. The molecule has 1 N–H and O–H groups in total. The maximum Gasteiger partial charge on any atom is 0.324 e. The Kier molecular flexibility index (Phi) is 6.09. The molecule has 3 aromatic carbocycles. The van der Waals surface area contributed by atoms with E-state index in [0.29, 0.717) is 23.0 Å². The van der Waals surface area contributed by atoms with E-state index < -0.39 is 0 Å². The minimum Gasteiger partial charge on any atom is -0.494 e. The monoisotopic (exact) mass is 464 g/mol. The van der Waals surface area contributed by atoms with Gasteiger partial charge in [0.25, 0.3) is 0 Å². The number of oxazole rings is 1. The fraction of sp³-hybridized carbons (Fsp3) is 0.111. The SMILES string of the molecule is COc1ccccc1N=N/C(=N/c1nc(-c2c[nH]c3ccccc23)co1)c1ccc(N(C)C)cc1. The van der Waals surface area contributed by atoms with E-state index in [1.807, 2.05) is 98.0 Å². The number of hydrogen-bond donors (Lipinski definition) is 1. The van der Waals surface area contributed by atoms with E-state index >= 15 is 0 Å². The first-order chi connectivity index (χ1) is 17.1. The van der Waals surface area contributed by atoms with Crippen LogP contribution >= 0.6 is 0 Å². The number of nitrogens with one attached hydrogen (secondary N) is 1. The summed E-state index contributed by atoms with van der Waals surface area (Å²) in [6.07, 6.45) is 3.51. The van der Waals surface area contributed by atoms with Gasteiger partial charge in [-0.1, -0.05) is 30.3 Å². The third kappa shape index (κ3) is 4.67. The van der Waals surface area contributed by atoms with E-state index in [9.17, 15) is 0 Å². The summed E-state index contributed by atoms with van der Waals surface area (Å²) in [7, 11) is 5.58. The van der Waals surface area contributed by atoms with E-state index in [2.05, 4.69) is 25.2 Å². The average molecular weight is 465 g/mol. The summed E-state index contributed by atoms with van der Waals surface area (Å²) in [6, 6.07) is 23.5. The summed E-state index contributed by atoms with van der Waals surface area (Å²) in [5.41, 5.74) is 5.10. The highest BCUT2D eigenvalue weighted by atomic mass is 16.5. The highest BCUT2D eigenvalue weighted by molar-refractivity contribution is 6.01. The molecule has 0 saturated heterocycles. The molecule has 0 fully saturated rings. The Morgan fingerprint density at radius 2 is 1.74 bits per heavy atom. The average Bonchev–Trinajstić information content (AvgIpc) is 3.53. The normalized spacial score (nSPS) is 11.9. The molecule has 5 aromatic rings. The van der Waals surface area contributed by atoms with E-state index in [1.54, 1.807) is 13.4 Å². The number of benzene rings is 3. The van der Waals surface area contributed by atoms with Gasteiger partial charge in [-0.3, -0.25) is 0 Å². The van der Waals surface area contributed by atoms with E-state index in [1.165, 1.54) is 0 Å². The number of anilines is 1. The first-order valence-corrected chi connectivity index (χ1v) is 11.1. The molecule has 35 heavy (non-hydrogen) atoms. The molecule has 0 aliphatic heterocycles. The van der Waals surface area contributed by atoms with Crippen molar-refractivity contribution in [1.29, 1.82) is 0 Å². The molecular formula is C27H24N6O2. The Bertz CT molecular complexity index is 1510. The number of nitrogens with zero attached hydrogens (tertiary/aromatic N) is 5. The van der Waals surface area contributed by atoms with Crippen LogP contribution in [0.2, 0.25) is 0 Å². The number of methoxy groups -OCH3 is 1. The van der Waals surface area contributed by atoms with Crippen molar-refractivity contribution in [3.63, 3.8) is 0 Å². The number of H-pyrrole nitrogens is 1. The highest BCUT2D eigenvalue weighted by Crippen LogP contribution is 2.30. The Morgan fingerprint density at radius 3 is 2.54 bits per heavy atom. The molecule has 0 radical (unpaired) electrons. The number of amidine groups is 1. The van der Waals surface area contributed by atoms with Crippen molar-refractivity contribution < 1.29 is 9.15 Å². The molecule has 8 heteroatoms. The van der Waals surface area contributed by atoms with Gasteiger partial charge in [0.15, 0.2) is 5.84 Å². The lowest BCUT2D eigenvalue weighted by molar-refractivity contribution is 0.416. The summed E-state index contributed by atoms with van der Waals surface area (Å²) < 4.78 is 11.1. The van der Waals surface area contributed by atoms with Gasteiger partial charge >= 0.3 is 6.01 Å². The quantitative estimate of drug-likeness (QED) is 0.171. The van der Waals surface area contributed by atoms with Gasteiger partial charge < -0.3 is 19.0 Å². The summed E-state index contributed by atoms with van der Waals surface area (Å²) >= 11 is 0. The molecule has 2 aromatic heterocycles. The molecule has 0 atom stereocenters. The lowest BCUT2D eigenvalue weighted by Crippen LogP contribution is -2.08. The minimum atomic E-state index is 0.191. The molecule has 0 aliphatic rings. The smallest absolute Gasteiger partial charge is 0.324 e. The summed E-state index contributed by atoms with van der Waals surface area (Å²) in [5, 5.41) is 9.89. The number of rotatable bonds is 6. The van der Waals surface area contributed by atoms with Crippen LogP contribution in [-0.4, -0.2) is 37.0 Å². The molecular weight excluding hydrogens is 440 g/mol. The largest absolute Gasteiger partial charge is 0.494 e. The second-order valence-electron chi connectivity index (χ2n) is 8.01. The number of aromatic amines is 1. The Hall–Kier alpha value is -4.72. The maximum absolute atomic E-state index is 5.70. The molecule has 2 heterocycles. The molecule has 174 valence electrons. The van der Waals surface area contributed by atoms with Crippen LogP contribution in [0, 0.1) is 0 Å². The van der Waals surface area contributed by atoms with Crippen molar-refractivity contribution in [2.24, 2.45) is 15.2 Å². The predicted molar refractivity (Wildman–Crippen MR) is 138 cm³/mol. The summed E-state index contributed by atoms with van der Waals surface area (Å²) in [6.45, 7) is 0. The first kappa shape index (κ1) is 22.1. The van der Waals surface area contributed by atoms with Crippen molar-refractivity contribution in [3.8, 4) is 17.0 Å². The van der Waals surface area contributed by atoms with Crippen LogP contribution in [0.25, 0.3) is 22.2 Å². The van der Waals surface area contributed by atoms with Crippen LogP contribution in [0.5, 0.6) is 5.75 Å². The lowest BCUT2D eigenvalue weighted by atomic mass is 10.1. The van der Waals surface area contributed by atoms with E-state index in [4.69, 9.17) is 9.15 Å². The molecule has 0 aliphatic carbocycles. The first-order valence-electron chi connectivity index (χ1n) is 11.1. The zero-order chi connectivity index (χ0) is 24.2. The maximum atomic E-state index is 5.70. The van der Waals surface area contributed by atoms with Crippen LogP contribution in [0.3, 0.4) is 0 Å². The van der Waals surface area contributed by atoms with E-state index in [0.717, 1.165) is 27.7 Å². The topological polar surface area (TPSA) is 91.4 Å². The van der Waals surface area contributed by atoms with Gasteiger partial charge in [-0.25, -0.2) is 0 Å². The second kappa shape index (κ2) is 9.64. The predicted octanol–water partition coefficient (Wildman–Crippen LogP) is 6.76. The third-order valence-electron chi connectivity index (χ3n) is 5.54. The van der Waals surface area contributed by atoms with Crippen molar-refractivity contribution in [1.82, 2.24) is 9.97 Å². The summed E-state index contributed by atoms with van der Waals surface area (Å²) in [5.74, 6) is 0.991. The standard InChI is InChI=1S/C27H24N6O2/c1-33(2)19-14-12-18(13-15-19)26(32-31-23-10-6-7-11-25(23)34-3)30-27-29-24(17-35-27)21-16-28-22-9-5-4-8-20(21)22/h4-17,28H,1-3H3/b30-26+,32-31?. The summed E-state index contributed by atoms with van der Waals surface area (Å²) in [4.78, 5) is 14.5. The van der Waals surface area contributed by atoms with Crippen LogP contribution in [0.4, 0.5) is 17.4 Å². The number of hydrogen-bond acceptors (Lipinski definition) is 6. The fourth-order valence-electron chi connectivity index (χ4n) is 3.68. The van der Waals surface area contributed by atoms with Gasteiger partial charge in [0, 0.05) is 48.0 Å². The van der Waals surface area contributed by atoms with Gasteiger partial charge in [-0.05, 0) is 42.5 Å². The van der Waals surface area contributed by atoms with Gasteiger partial charge in [0.1, 0.15) is 23.4 Å². The van der Waals surface area contributed by atoms with Crippen LogP contribution in [0.1, 0.15) is 5.56 Å². The van der Waals surface area contributed by atoms with Crippen molar-refractivity contribution in [3.05, 3.63) is 90.8 Å². The van der Waals surface area contributed by atoms with Crippen LogP contribution in [0.15, 0.2) is 105 Å². The van der Waals surface area contributed by atoms with E-state index in [-0.39, 0.29) is 6.01 Å². The van der Waals surface area contributed by atoms with Gasteiger partial charge in [-0.15, -0.1) is 10.2 Å². The van der Waals surface area contributed by atoms with Gasteiger partial charge in [-0.2, -0.15) is 9.98 Å². The molecule has 0 spiro atoms. The zero-order valence-corrected chi connectivity index (χ0v) is 19.6. The van der Waals surface area contributed by atoms with Gasteiger partial charge in [0.2, 0.25) is 0 Å². The van der Waals surface area contributed by atoms with Gasteiger partial charge in [0.05, 0.1) is 7.11 Å². The molecule has 8 nitrogen and oxygen atoms in total. The molecule has 0 amide bonds. The molecule has 0 unspecified atom stereocenters. The number of aromatic nitrogens is 2. The van der Waals surface area contributed by atoms with Crippen molar-refractivity contribution in [2.45, 2.75) is 0 Å². The number of fused-ring (bicyclic) bond motifs is 1. The van der Waals surface area contributed by atoms with Crippen LogP contribution < -0.4 is 9.64 Å². The zero-order valence-electron chi connectivity index (χ0n) is 19.6. The third-order valence-corrected chi connectivity index (χ3v) is 5.54. The second-order valence-corrected chi connectivity index (χ2v) is 8.01. The lowest BCUT2D eigenvalue weighted by Gasteiger charge is -2.12. The number of para-hydroxylation sites is 2. The van der Waals surface area contributed by atoms with Crippen LogP contribution in [-0.2, 0) is 0 Å². The molecule has 0 saturated carbocycles.